The molecule has 9 nitrogen and oxygen atoms in total. The fraction of sp³-hybridized carbons (Fsp3) is 0.562. The van der Waals surface area contributed by atoms with Gasteiger partial charge in [-0.3, -0.25) is 9.78 Å². The number of nitrogens with two attached hydrogens (primary N) is 1. The maximum Gasteiger partial charge on any atom is 0.252 e. The van der Waals surface area contributed by atoms with Crippen LogP contribution < -0.4 is 14.2 Å². The normalized spacial score (nSPS) is 11.8. The molecule has 44 heavy (non-hydrogen) atoms. The van der Waals surface area contributed by atoms with E-state index in [4.69, 9.17) is 15.6 Å². The van der Waals surface area contributed by atoms with Crippen LogP contribution in [0.25, 0.3) is 22.1 Å². The molecular weight excluding hydrogens is 671 g/mol. The fourth-order valence-electron chi connectivity index (χ4n) is 5.75. The van der Waals surface area contributed by atoms with Crippen LogP contribution in [0, 0.1) is 0 Å². The number of nitrogens with one attached hydrogen (secondary N) is 1. The number of aryl methyl sites for hydroxylation is 1. The molecule has 3 heterocycles. The third-order valence-corrected chi connectivity index (χ3v) is 23.2. The smallest absolute Gasteiger partial charge is 0.252 e. The average Bonchev–Trinajstić information content (AvgIpc) is 3.59. The first-order chi connectivity index (χ1) is 21.2. The van der Waals surface area contributed by atoms with Crippen molar-refractivity contribution in [1.29, 1.82) is 0 Å². The SMILES string of the molecule is CCC[CH2][Sn]([CH2]CCC)([CH2]CCC)[c]1nn(CCCN(C)C)c2ccc(OC(F)F)cc12.NC(=O)c1c[nH]c2nccnc12. The number of carbonyl (C=O) groups is 1. The summed E-state index contributed by atoms with van der Waals surface area (Å²) < 4.78 is 38.1. The van der Waals surface area contributed by atoms with Crippen LogP contribution in [0.2, 0.25) is 13.3 Å². The number of fused-ring (bicyclic) bond motifs is 2. The Bertz CT molecular complexity index is 1440. The molecule has 0 bridgehead atoms. The van der Waals surface area contributed by atoms with Crippen molar-refractivity contribution in [2.45, 2.75) is 92.2 Å². The van der Waals surface area contributed by atoms with Gasteiger partial charge in [-0.25, -0.2) is 4.98 Å². The minimum Gasteiger partial charge on any atom is -0.365 e. The minimum absolute atomic E-state index is 0.253. The second kappa shape index (κ2) is 17.6. The molecule has 0 aliphatic rings. The number of primary amides is 1. The average molecular weight is 720 g/mol. The molecule has 0 unspecified atom stereocenters. The van der Waals surface area contributed by atoms with Gasteiger partial charge >= 0.3 is 198 Å². The summed E-state index contributed by atoms with van der Waals surface area (Å²) in [5, 5.41) is 6.36. The molecule has 4 aromatic rings. The first-order valence-corrected chi connectivity index (χ1v) is 23.3. The summed E-state index contributed by atoms with van der Waals surface area (Å²) in [4.78, 5) is 23.7. The second-order valence-electron chi connectivity index (χ2n) is 11.7. The van der Waals surface area contributed by atoms with Crippen LogP contribution in [-0.4, -0.2) is 81.2 Å². The minimum atomic E-state index is -2.84. The number of unbranched alkanes of at least 4 members (excludes halogenated alkanes) is 3. The number of alkyl halides is 2. The van der Waals surface area contributed by atoms with Gasteiger partial charge in [0.15, 0.2) is 5.65 Å². The van der Waals surface area contributed by atoms with Crippen LogP contribution in [0.1, 0.15) is 76.1 Å². The van der Waals surface area contributed by atoms with E-state index in [1.807, 2.05) is 12.1 Å². The molecule has 0 aliphatic heterocycles. The number of benzene rings is 1. The molecule has 12 heteroatoms. The summed E-state index contributed by atoms with van der Waals surface area (Å²) in [5.41, 5.74) is 7.64. The van der Waals surface area contributed by atoms with Crippen molar-refractivity contribution >= 4 is 50.1 Å². The number of H-pyrrole nitrogens is 1. The van der Waals surface area contributed by atoms with Crippen LogP contribution in [-0.2, 0) is 6.54 Å². The van der Waals surface area contributed by atoms with E-state index in [1.165, 1.54) is 67.9 Å². The number of amides is 1. The molecule has 4 rings (SSSR count). The number of carbonyl (C=O) groups excluding carboxylic acids is 1. The predicted octanol–water partition coefficient (Wildman–Crippen LogP) is 6.70. The Morgan fingerprint density at radius 3 is 2.23 bits per heavy atom. The van der Waals surface area contributed by atoms with Crippen molar-refractivity contribution in [2.24, 2.45) is 5.73 Å². The zero-order valence-electron chi connectivity index (χ0n) is 26.9. The van der Waals surface area contributed by atoms with Gasteiger partial charge in [-0.1, -0.05) is 0 Å². The summed E-state index contributed by atoms with van der Waals surface area (Å²) in [5.74, 6) is -0.245. The Morgan fingerprint density at radius 2 is 1.66 bits per heavy atom. The van der Waals surface area contributed by atoms with E-state index in [9.17, 15) is 13.6 Å². The Hall–Kier alpha value is -2.80. The van der Waals surface area contributed by atoms with E-state index in [0.717, 1.165) is 30.4 Å². The van der Waals surface area contributed by atoms with Crippen molar-refractivity contribution in [2.75, 3.05) is 20.6 Å². The summed E-state index contributed by atoms with van der Waals surface area (Å²) in [6.45, 7) is 5.84. The Balaban J connectivity index is 0.000000363. The number of hydrogen-bond donors (Lipinski definition) is 2. The molecular formula is C32H49F2N7O2Sn. The van der Waals surface area contributed by atoms with E-state index in [-0.39, 0.29) is 5.75 Å². The van der Waals surface area contributed by atoms with E-state index in [0.29, 0.717) is 16.7 Å². The summed E-state index contributed by atoms with van der Waals surface area (Å²) in [6.07, 6.45) is 12.9. The third kappa shape index (κ3) is 9.60. The Kier molecular flexibility index (Phi) is 14.3. The fourth-order valence-corrected chi connectivity index (χ4v) is 21.9. The van der Waals surface area contributed by atoms with Gasteiger partial charge in [0.25, 0.3) is 5.91 Å². The topological polar surface area (TPSA) is 115 Å². The van der Waals surface area contributed by atoms with Crippen molar-refractivity contribution in [3.8, 4) is 5.75 Å². The summed E-state index contributed by atoms with van der Waals surface area (Å²) >= 11 is -2.84. The molecule has 0 saturated heterocycles. The molecule has 242 valence electrons. The Morgan fingerprint density at radius 1 is 1.02 bits per heavy atom. The van der Waals surface area contributed by atoms with Crippen LogP contribution in [0.3, 0.4) is 0 Å². The molecule has 0 fully saturated rings. The van der Waals surface area contributed by atoms with E-state index in [2.05, 4.69) is 59.4 Å². The first kappa shape index (κ1) is 35.7. The third-order valence-electron chi connectivity index (χ3n) is 8.02. The van der Waals surface area contributed by atoms with Gasteiger partial charge in [0, 0.05) is 18.6 Å². The molecule has 1 amide bonds. The standard InChI is InChI=1S/C13H16F2N3O.C7H6N4O.3C4H9.Sn/c1-17(2)6-3-7-18-12-5-4-11(19-13(14)15)8-10(12)9-16-18;8-6(12)4-3-11-7-5(4)9-1-2-10-7;3*1-3-4-2;/h4-5,8,13H,3,6-7H2,1-2H3;1-3H,(H2,8,12)(H,10,11);3*1,3-4H2,2H3;. The monoisotopic (exact) mass is 721 g/mol. The number of ether oxygens (including phenoxy) is 1. The molecule has 3 N–H and O–H groups in total. The van der Waals surface area contributed by atoms with E-state index < -0.39 is 30.9 Å². The maximum atomic E-state index is 13.0. The van der Waals surface area contributed by atoms with Crippen molar-refractivity contribution in [3.63, 3.8) is 0 Å². The molecule has 0 aliphatic carbocycles. The zero-order valence-corrected chi connectivity index (χ0v) is 29.8. The molecule has 0 saturated carbocycles. The zero-order chi connectivity index (χ0) is 32.1. The van der Waals surface area contributed by atoms with Gasteiger partial charge in [-0.05, 0) is 0 Å². The summed E-state index contributed by atoms with van der Waals surface area (Å²) in [6, 6.07) is 5.46. The number of halogens is 2. The largest absolute Gasteiger partial charge is 0.365 e. The number of aromatic amines is 1. The van der Waals surface area contributed by atoms with Gasteiger partial charge in [-0.2, -0.15) is 0 Å². The Labute approximate surface area is 263 Å². The van der Waals surface area contributed by atoms with Crippen LogP contribution in [0.4, 0.5) is 8.78 Å². The van der Waals surface area contributed by atoms with Crippen LogP contribution >= 0.6 is 0 Å². The van der Waals surface area contributed by atoms with Gasteiger partial charge < -0.3 is 10.7 Å². The maximum absolute atomic E-state index is 13.0. The van der Waals surface area contributed by atoms with Crippen LogP contribution in [0.5, 0.6) is 5.75 Å². The first-order valence-electron chi connectivity index (χ1n) is 15.8. The number of aromatic nitrogens is 5. The quantitative estimate of drug-likeness (QED) is 0.117. The van der Waals surface area contributed by atoms with Crippen molar-refractivity contribution in [3.05, 3.63) is 42.4 Å². The van der Waals surface area contributed by atoms with Gasteiger partial charge in [0.1, 0.15) is 5.52 Å². The molecule has 0 spiro atoms. The number of nitrogens with zero attached hydrogens (tertiary/aromatic N) is 5. The molecule has 3 aromatic heterocycles. The number of hydrogen-bond acceptors (Lipinski definition) is 6. The molecule has 0 atom stereocenters. The second-order valence-corrected chi connectivity index (χ2v) is 24.6. The molecule has 0 radical (unpaired) electrons. The van der Waals surface area contributed by atoms with Crippen LogP contribution in [0.15, 0.2) is 36.8 Å². The summed E-state index contributed by atoms with van der Waals surface area (Å²) in [7, 11) is 4.17. The van der Waals surface area contributed by atoms with E-state index in [1.54, 1.807) is 12.3 Å². The molecule has 1 aromatic carbocycles. The number of rotatable bonds is 17. The van der Waals surface area contributed by atoms with Gasteiger partial charge in [0.2, 0.25) is 0 Å². The predicted molar refractivity (Wildman–Crippen MR) is 176 cm³/mol. The van der Waals surface area contributed by atoms with E-state index >= 15 is 0 Å². The van der Waals surface area contributed by atoms with Gasteiger partial charge in [0.05, 0.1) is 5.56 Å². The van der Waals surface area contributed by atoms with Gasteiger partial charge in [-0.15, -0.1) is 0 Å². The van der Waals surface area contributed by atoms with Crippen molar-refractivity contribution < 1.29 is 18.3 Å². The van der Waals surface area contributed by atoms with Crippen molar-refractivity contribution in [1.82, 2.24) is 29.6 Å².